The molecule has 0 spiro atoms. The first-order valence-corrected chi connectivity index (χ1v) is 6.68. The molecule has 0 saturated carbocycles. The Balaban J connectivity index is 1.86. The lowest BCUT2D eigenvalue weighted by molar-refractivity contribution is 0.174. The van der Waals surface area contributed by atoms with Gasteiger partial charge >= 0.3 is 0 Å². The third-order valence-electron chi connectivity index (χ3n) is 3.61. The molecule has 6 nitrogen and oxygen atoms in total. The second-order valence-electron chi connectivity index (χ2n) is 4.94. The largest absolute Gasteiger partial charge is 0.454 e. The maximum atomic E-state index is 6.09. The summed E-state index contributed by atoms with van der Waals surface area (Å²) in [5.41, 5.74) is 6.91. The van der Waals surface area contributed by atoms with Crippen molar-refractivity contribution >= 4 is 0 Å². The minimum atomic E-state index is -0.240. The Bertz CT molecular complexity index is 611. The van der Waals surface area contributed by atoms with E-state index in [1.807, 2.05) is 18.2 Å². The van der Waals surface area contributed by atoms with E-state index in [-0.39, 0.29) is 12.8 Å². The minimum Gasteiger partial charge on any atom is -0.454 e. The van der Waals surface area contributed by atoms with Crippen LogP contribution in [0.15, 0.2) is 22.7 Å². The van der Waals surface area contributed by atoms with Gasteiger partial charge in [-0.3, -0.25) is 0 Å². The van der Waals surface area contributed by atoms with Crippen molar-refractivity contribution in [2.75, 3.05) is 6.79 Å². The summed E-state index contributed by atoms with van der Waals surface area (Å²) < 4.78 is 15.9. The molecule has 2 N–H and O–H groups in total. The molecular weight excluding hydrogens is 258 g/mol. The van der Waals surface area contributed by atoms with Crippen molar-refractivity contribution in [2.24, 2.45) is 11.7 Å². The summed E-state index contributed by atoms with van der Waals surface area (Å²) in [4.78, 5) is 4.38. The zero-order valence-electron chi connectivity index (χ0n) is 11.5. The fourth-order valence-electron chi connectivity index (χ4n) is 2.02. The summed E-state index contributed by atoms with van der Waals surface area (Å²) in [6.07, 6.45) is 0.961. The van der Waals surface area contributed by atoms with Gasteiger partial charge in [-0.1, -0.05) is 25.4 Å². The van der Waals surface area contributed by atoms with Crippen molar-refractivity contribution < 1.29 is 14.0 Å². The highest BCUT2D eigenvalue weighted by atomic mass is 16.7. The molecule has 0 aliphatic carbocycles. The molecule has 6 heteroatoms. The van der Waals surface area contributed by atoms with E-state index in [1.54, 1.807) is 0 Å². The van der Waals surface area contributed by atoms with Gasteiger partial charge in [0.25, 0.3) is 0 Å². The van der Waals surface area contributed by atoms with Crippen LogP contribution in [-0.2, 0) is 0 Å². The Morgan fingerprint density at radius 1 is 1.30 bits per heavy atom. The summed E-state index contributed by atoms with van der Waals surface area (Å²) >= 11 is 0. The van der Waals surface area contributed by atoms with Crippen molar-refractivity contribution in [3.8, 4) is 22.9 Å². The Labute approximate surface area is 116 Å². The highest BCUT2D eigenvalue weighted by molar-refractivity contribution is 5.61. The van der Waals surface area contributed by atoms with Crippen LogP contribution >= 0.6 is 0 Å². The molecule has 3 rings (SSSR count). The first-order chi connectivity index (χ1) is 9.69. The van der Waals surface area contributed by atoms with Crippen LogP contribution in [0.5, 0.6) is 11.5 Å². The highest BCUT2D eigenvalue weighted by Crippen LogP contribution is 2.35. The zero-order chi connectivity index (χ0) is 14.1. The van der Waals surface area contributed by atoms with Gasteiger partial charge in [0.05, 0.1) is 6.04 Å². The number of nitrogens with zero attached hydrogens (tertiary/aromatic N) is 2. The standard InChI is InChI=1S/C14H17N3O3/c1-3-8(2)12(15)14-16-13(17-20-14)9-4-5-10-11(6-9)19-7-18-10/h4-6,8,12H,3,7,15H2,1-2H3/t8-,12-/m0/s1. The van der Waals surface area contributed by atoms with Crippen LogP contribution in [0.2, 0.25) is 0 Å². The third kappa shape index (κ3) is 2.22. The highest BCUT2D eigenvalue weighted by Gasteiger charge is 2.21. The average Bonchev–Trinajstić information content (AvgIpc) is 3.13. The molecule has 2 aromatic rings. The van der Waals surface area contributed by atoms with Gasteiger partial charge in [-0.15, -0.1) is 0 Å². The molecule has 0 fully saturated rings. The monoisotopic (exact) mass is 275 g/mol. The van der Waals surface area contributed by atoms with E-state index >= 15 is 0 Å². The zero-order valence-corrected chi connectivity index (χ0v) is 11.5. The number of nitrogens with two attached hydrogens (primary N) is 1. The molecule has 0 radical (unpaired) electrons. The van der Waals surface area contributed by atoms with E-state index in [0.29, 0.717) is 23.4 Å². The Hall–Kier alpha value is -2.08. The molecule has 1 aliphatic heterocycles. The summed E-state index contributed by atoms with van der Waals surface area (Å²) in [6, 6.07) is 5.31. The molecule has 0 saturated heterocycles. The van der Waals surface area contributed by atoms with Crippen LogP contribution in [0.25, 0.3) is 11.4 Å². The maximum absolute atomic E-state index is 6.09. The van der Waals surface area contributed by atoms with Crippen LogP contribution in [-0.4, -0.2) is 16.9 Å². The number of hydrogen-bond donors (Lipinski definition) is 1. The van der Waals surface area contributed by atoms with Gasteiger partial charge in [-0.05, 0) is 24.1 Å². The van der Waals surface area contributed by atoms with Crippen LogP contribution in [0.3, 0.4) is 0 Å². The van der Waals surface area contributed by atoms with Gasteiger partial charge in [0.2, 0.25) is 18.5 Å². The number of ether oxygens (including phenoxy) is 2. The van der Waals surface area contributed by atoms with Gasteiger partial charge in [0, 0.05) is 5.56 Å². The number of rotatable bonds is 4. The Kier molecular flexibility index (Phi) is 3.31. The summed E-state index contributed by atoms with van der Waals surface area (Å²) in [6.45, 7) is 4.39. The molecule has 0 amide bonds. The van der Waals surface area contributed by atoms with Gasteiger partial charge < -0.3 is 19.7 Å². The molecule has 2 heterocycles. The van der Waals surface area contributed by atoms with Crippen molar-refractivity contribution in [1.29, 1.82) is 0 Å². The molecule has 106 valence electrons. The number of hydrogen-bond acceptors (Lipinski definition) is 6. The van der Waals surface area contributed by atoms with Crippen molar-refractivity contribution in [1.82, 2.24) is 10.1 Å². The quantitative estimate of drug-likeness (QED) is 0.923. The number of benzene rings is 1. The summed E-state index contributed by atoms with van der Waals surface area (Å²) in [5.74, 6) is 2.69. The third-order valence-corrected chi connectivity index (χ3v) is 3.61. The van der Waals surface area contributed by atoms with Crippen LogP contribution in [0.4, 0.5) is 0 Å². The lowest BCUT2D eigenvalue weighted by Gasteiger charge is -2.12. The predicted octanol–water partition coefficient (Wildman–Crippen LogP) is 2.51. The van der Waals surface area contributed by atoms with Crippen molar-refractivity contribution in [3.63, 3.8) is 0 Å². The van der Waals surface area contributed by atoms with E-state index in [9.17, 15) is 0 Å². The minimum absolute atomic E-state index is 0.240. The first-order valence-electron chi connectivity index (χ1n) is 6.68. The molecular formula is C14H17N3O3. The smallest absolute Gasteiger partial charge is 0.244 e. The molecule has 20 heavy (non-hydrogen) atoms. The molecule has 1 aromatic heterocycles. The molecule has 0 unspecified atom stereocenters. The fourth-order valence-corrected chi connectivity index (χ4v) is 2.02. The normalized spacial score (nSPS) is 16.1. The van der Waals surface area contributed by atoms with E-state index in [4.69, 9.17) is 19.7 Å². The molecule has 1 aliphatic rings. The van der Waals surface area contributed by atoms with E-state index < -0.39 is 0 Å². The average molecular weight is 275 g/mol. The van der Waals surface area contributed by atoms with Gasteiger partial charge in [-0.25, -0.2) is 0 Å². The van der Waals surface area contributed by atoms with Gasteiger partial charge in [-0.2, -0.15) is 4.98 Å². The van der Waals surface area contributed by atoms with Gasteiger partial charge in [0.15, 0.2) is 11.5 Å². The maximum Gasteiger partial charge on any atom is 0.244 e. The van der Waals surface area contributed by atoms with Crippen LogP contribution < -0.4 is 15.2 Å². The molecule has 0 bridgehead atoms. The SMILES string of the molecule is CC[C@H](C)[C@H](N)c1nc(-c2ccc3c(c2)OCO3)no1. The summed E-state index contributed by atoms with van der Waals surface area (Å²) in [7, 11) is 0. The topological polar surface area (TPSA) is 83.4 Å². The second-order valence-corrected chi connectivity index (χ2v) is 4.94. The van der Waals surface area contributed by atoms with Gasteiger partial charge in [0.1, 0.15) is 0 Å². The lowest BCUT2D eigenvalue weighted by atomic mass is 10.0. The Morgan fingerprint density at radius 2 is 2.10 bits per heavy atom. The van der Waals surface area contributed by atoms with Crippen molar-refractivity contribution in [3.05, 3.63) is 24.1 Å². The second kappa shape index (κ2) is 5.13. The molecule has 1 aromatic carbocycles. The Morgan fingerprint density at radius 3 is 2.90 bits per heavy atom. The fraction of sp³-hybridized carbons (Fsp3) is 0.429. The number of aromatic nitrogens is 2. The summed E-state index contributed by atoms with van der Waals surface area (Å²) in [5, 5.41) is 3.99. The first kappa shape index (κ1) is 12.9. The van der Waals surface area contributed by atoms with Crippen LogP contribution in [0.1, 0.15) is 32.2 Å². The van der Waals surface area contributed by atoms with E-state index in [0.717, 1.165) is 17.7 Å². The molecule has 2 atom stereocenters. The van der Waals surface area contributed by atoms with E-state index in [1.165, 1.54) is 0 Å². The predicted molar refractivity (Wildman–Crippen MR) is 72.2 cm³/mol. The number of fused-ring (bicyclic) bond motifs is 1. The van der Waals surface area contributed by atoms with Crippen LogP contribution in [0, 0.1) is 5.92 Å². The lowest BCUT2D eigenvalue weighted by Crippen LogP contribution is -2.18. The van der Waals surface area contributed by atoms with Crippen molar-refractivity contribution in [2.45, 2.75) is 26.3 Å². The van der Waals surface area contributed by atoms with E-state index in [2.05, 4.69) is 24.0 Å².